The predicted octanol–water partition coefficient (Wildman–Crippen LogP) is 3.53. The van der Waals surface area contributed by atoms with Gasteiger partial charge in [0.15, 0.2) is 0 Å². The molecule has 24 heavy (non-hydrogen) atoms. The molecule has 1 aromatic carbocycles. The molecule has 2 fully saturated rings. The summed E-state index contributed by atoms with van der Waals surface area (Å²) in [6, 6.07) is 7.80. The Morgan fingerprint density at radius 3 is 2.83 bits per heavy atom. The molecule has 4 rings (SSSR count). The SMILES string of the molecule is O=C1Nc2ccccc2S[C@H]1CC(=O)N1CC[C@@H]2CCCC[C@@H]2C1. The lowest BCUT2D eigenvalue weighted by atomic mass is 9.75. The number of carbonyl (C=O) groups is 2. The second kappa shape index (κ2) is 6.79. The van der Waals surface area contributed by atoms with Crippen LogP contribution in [0.5, 0.6) is 0 Å². The van der Waals surface area contributed by atoms with E-state index >= 15 is 0 Å². The van der Waals surface area contributed by atoms with Crippen LogP contribution in [0.4, 0.5) is 5.69 Å². The summed E-state index contributed by atoms with van der Waals surface area (Å²) in [6.45, 7) is 1.77. The third kappa shape index (κ3) is 3.18. The van der Waals surface area contributed by atoms with Crippen LogP contribution in [-0.2, 0) is 9.59 Å². The second-order valence-electron chi connectivity index (χ2n) is 7.23. The quantitative estimate of drug-likeness (QED) is 0.893. The molecule has 2 aliphatic heterocycles. The molecule has 4 nitrogen and oxygen atoms in total. The Bertz CT molecular complexity index is 648. The van der Waals surface area contributed by atoms with Gasteiger partial charge in [0.2, 0.25) is 11.8 Å². The minimum atomic E-state index is -0.309. The van der Waals surface area contributed by atoms with Crippen LogP contribution in [0.3, 0.4) is 0 Å². The first-order valence-electron chi connectivity index (χ1n) is 9.05. The van der Waals surface area contributed by atoms with Crippen molar-refractivity contribution in [2.24, 2.45) is 11.8 Å². The van der Waals surface area contributed by atoms with Crippen molar-refractivity contribution in [1.82, 2.24) is 4.90 Å². The maximum Gasteiger partial charge on any atom is 0.238 e. The molecule has 0 spiro atoms. The number of amides is 2. The molecule has 2 heterocycles. The zero-order valence-electron chi connectivity index (χ0n) is 13.9. The Kier molecular flexibility index (Phi) is 4.53. The van der Waals surface area contributed by atoms with Gasteiger partial charge >= 0.3 is 0 Å². The molecule has 0 unspecified atom stereocenters. The highest BCUT2D eigenvalue weighted by Crippen LogP contribution is 2.38. The number of hydrogen-bond donors (Lipinski definition) is 1. The zero-order chi connectivity index (χ0) is 16.5. The molecule has 3 aliphatic rings. The number of hydrogen-bond acceptors (Lipinski definition) is 3. The van der Waals surface area contributed by atoms with E-state index in [1.54, 1.807) is 0 Å². The van der Waals surface area contributed by atoms with Gasteiger partial charge in [0.25, 0.3) is 0 Å². The summed E-state index contributed by atoms with van der Waals surface area (Å²) in [5, 5.41) is 2.62. The molecule has 128 valence electrons. The number of benzene rings is 1. The fourth-order valence-electron chi connectivity index (χ4n) is 4.34. The maximum atomic E-state index is 12.7. The van der Waals surface area contributed by atoms with Crippen LogP contribution in [-0.4, -0.2) is 35.1 Å². The first-order chi connectivity index (χ1) is 11.7. The van der Waals surface area contributed by atoms with E-state index in [9.17, 15) is 9.59 Å². The summed E-state index contributed by atoms with van der Waals surface area (Å²) in [4.78, 5) is 28.1. The van der Waals surface area contributed by atoms with E-state index in [1.165, 1.54) is 37.4 Å². The number of carbonyl (C=O) groups excluding carboxylic acids is 2. The number of nitrogens with one attached hydrogen (secondary N) is 1. The van der Waals surface area contributed by atoms with Crippen LogP contribution >= 0.6 is 11.8 Å². The first-order valence-corrected chi connectivity index (χ1v) is 9.93. The molecule has 0 aromatic heterocycles. The lowest BCUT2D eigenvalue weighted by Gasteiger charge is -2.41. The number of para-hydroxylation sites is 1. The minimum Gasteiger partial charge on any atom is -0.342 e. The number of anilines is 1. The molecule has 3 atom stereocenters. The third-order valence-corrected chi connectivity index (χ3v) is 6.99. The van der Waals surface area contributed by atoms with Crippen LogP contribution in [0.2, 0.25) is 0 Å². The molecule has 5 heteroatoms. The van der Waals surface area contributed by atoms with Gasteiger partial charge in [0, 0.05) is 24.4 Å². The van der Waals surface area contributed by atoms with E-state index in [0.717, 1.165) is 36.0 Å². The van der Waals surface area contributed by atoms with Crippen LogP contribution in [0, 0.1) is 11.8 Å². The highest BCUT2D eigenvalue weighted by Gasteiger charge is 2.35. The van der Waals surface area contributed by atoms with E-state index < -0.39 is 0 Å². The highest BCUT2D eigenvalue weighted by molar-refractivity contribution is 8.01. The lowest BCUT2D eigenvalue weighted by Crippen LogP contribution is -2.46. The van der Waals surface area contributed by atoms with Crippen molar-refractivity contribution in [3.63, 3.8) is 0 Å². The summed E-state index contributed by atoms with van der Waals surface area (Å²) in [5.41, 5.74) is 0.860. The molecule has 1 aromatic rings. The molecule has 1 N–H and O–H groups in total. The van der Waals surface area contributed by atoms with E-state index in [4.69, 9.17) is 0 Å². The van der Waals surface area contributed by atoms with E-state index in [1.807, 2.05) is 29.2 Å². The topological polar surface area (TPSA) is 49.4 Å². The molecule has 0 radical (unpaired) electrons. The third-order valence-electron chi connectivity index (χ3n) is 5.71. The van der Waals surface area contributed by atoms with Gasteiger partial charge in [0.05, 0.1) is 10.9 Å². The van der Waals surface area contributed by atoms with Gasteiger partial charge in [-0.2, -0.15) is 0 Å². The fraction of sp³-hybridized carbons (Fsp3) is 0.579. The second-order valence-corrected chi connectivity index (χ2v) is 8.47. The molecule has 0 bridgehead atoms. The Labute approximate surface area is 147 Å². The fourth-order valence-corrected chi connectivity index (χ4v) is 5.44. The Balaban J connectivity index is 1.38. The number of piperidine rings is 1. The highest BCUT2D eigenvalue weighted by atomic mass is 32.2. The smallest absolute Gasteiger partial charge is 0.238 e. The van der Waals surface area contributed by atoms with Gasteiger partial charge < -0.3 is 10.2 Å². The average molecular weight is 344 g/mol. The van der Waals surface area contributed by atoms with Crippen LogP contribution in [0.25, 0.3) is 0 Å². The molecule has 1 aliphatic carbocycles. The summed E-state index contributed by atoms with van der Waals surface area (Å²) < 4.78 is 0. The van der Waals surface area contributed by atoms with E-state index in [2.05, 4.69) is 5.32 Å². The summed E-state index contributed by atoms with van der Waals surface area (Å²) in [6.07, 6.45) is 6.71. The van der Waals surface area contributed by atoms with Crippen LogP contribution in [0.15, 0.2) is 29.2 Å². The number of fused-ring (bicyclic) bond motifs is 2. The van der Waals surface area contributed by atoms with Crippen molar-refractivity contribution < 1.29 is 9.59 Å². The largest absolute Gasteiger partial charge is 0.342 e. The molecule has 1 saturated carbocycles. The number of nitrogens with zero attached hydrogens (tertiary/aromatic N) is 1. The van der Waals surface area contributed by atoms with Crippen LogP contribution < -0.4 is 5.32 Å². The molecule has 2 amide bonds. The van der Waals surface area contributed by atoms with Gasteiger partial charge in [-0.05, 0) is 36.8 Å². The molecular weight excluding hydrogens is 320 g/mol. The Morgan fingerprint density at radius 1 is 1.17 bits per heavy atom. The predicted molar refractivity (Wildman–Crippen MR) is 96.0 cm³/mol. The van der Waals surface area contributed by atoms with Crippen molar-refractivity contribution in [1.29, 1.82) is 0 Å². The average Bonchev–Trinajstić information content (AvgIpc) is 2.62. The van der Waals surface area contributed by atoms with E-state index in [-0.39, 0.29) is 17.1 Å². The Morgan fingerprint density at radius 2 is 1.96 bits per heavy atom. The van der Waals surface area contributed by atoms with Gasteiger partial charge in [-0.25, -0.2) is 0 Å². The van der Waals surface area contributed by atoms with Crippen LogP contribution in [0.1, 0.15) is 38.5 Å². The van der Waals surface area contributed by atoms with E-state index in [0.29, 0.717) is 12.3 Å². The van der Waals surface area contributed by atoms with Gasteiger partial charge in [-0.15, -0.1) is 11.8 Å². The summed E-state index contributed by atoms with van der Waals surface area (Å²) in [7, 11) is 0. The summed E-state index contributed by atoms with van der Waals surface area (Å²) in [5.74, 6) is 1.61. The standard InChI is InChI=1S/C19H24N2O2S/c22-18(21-10-9-13-5-1-2-6-14(13)12-21)11-17-19(23)20-15-7-3-4-8-16(15)24-17/h3-4,7-8,13-14,17H,1-2,5-6,9-12H2,(H,20,23)/t13-,14+,17-/m0/s1. The van der Waals surface area contributed by atoms with Gasteiger partial charge in [-0.1, -0.05) is 31.4 Å². The lowest BCUT2D eigenvalue weighted by molar-refractivity contribution is -0.135. The molecular formula is C19H24N2O2S. The van der Waals surface area contributed by atoms with Crippen molar-refractivity contribution in [3.05, 3.63) is 24.3 Å². The van der Waals surface area contributed by atoms with Crippen molar-refractivity contribution >= 4 is 29.3 Å². The normalized spacial score (nSPS) is 29.4. The number of likely N-dealkylation sites (tertiary alicyclic amines) is 1. The first kappa shape index (κ1) is 16.0. The number of thioether (sulfide) groups is 1. The van der Waals surface area contributed by atoms with Crippen molar-refractivity contribution in [3.8, 4) is 0 Å². The Hall–Kier alpha value is -1.49. The van der Waals surface area contributed by atoms with Crippen molar-refractivity contribution in [2.75, 3.05) is 18.4 Å². The maximum absolute atomic E-state index is 12.7. The zero-order valence-corrected chi connectivity index (χ0v) is 14.7. The summed E-state index contributed by atoms with van der Waals surface area (Å²) >= 11 is 1.52. The van der Waals surface area contributed by atoms with Gasteiger partial charge in [-0.3, -0.25) is 9.59 Å². The number of rotatable bonds is 2. The van der Waals surface area contributed by atoms with Gasteiger partial charge in [0.1, 0.15) is 0 Å². The monoisotopic (exact) mass is 344 g/mol. The minimum absolute atomic E-state index is 0.0420. The van der Waals surface area contributed by atoms with Crippen molar-refractivity contribution in [2.45, 2.75) is 48.7 Å². The molecule has 1 saturated heterocycles.